The Morgan fingerprint density at radius 2 is 2.00 bits per heavy atom. The van der Waals surface area contributed by atoms with Crippen LogP contribution in [0.5, 0.6) is 0 Å². The van der Waals surface area contributed by atoms with E-state index in [1.165, 1.54) is 46.2 Å². The molecular weight excluding hydrogens is 461 g/mol. The number of hydrogen-bond acceptors (Lipinski definition) is 4. The molecule has 0 aliphatic carbocycles. The predicted molar refractivity (Wildman–Crippen MR) is 127 cm³/mol. The summed E-state index contributed by atoms with van der Waals surface area (Å²) in [5, 5.41) is 0. The third-order valence-corrected chi connectivity index (χ3v) is 8.86. The number of aromatic nitrogens is 1. The summed E-state index contributed by atoms with van der Waals surface area (Å²) in [6.07, 6.45) is 8.93. The molecule has 0 spiro atoms. The maximum atomic E-state index is 14.3. The molecule has 9 heteroatoms. The van der Waals surface area contributed by atoms with Crippen molar-refractivity contribution in [3.8, 4) is 12.3 Å². The molecule has 1 aliphatic rings. The highest BCUT2D eigenvalue weighted by Crippen LogP contribution is 2.27. The molecule has 1 amide bonds. The number of fused-ring (bicyclic) bond motifs is 1. The number of piperidine rings is 1. The van der Waals surface area contributed by atoms with Crippen molar-refractivity contribution in [1.29, 1.82) is 0 Å². The highest BCUT2D eigenvalue weighted by molar-refractivity contribution is 7.89. The number of hydrogen-bond donors (Lipinski definition) is 0. The third-order valence-electron chi connectivity index (χ3n) is 5.85. The zero-order valence-electron chi connectivity index (χ0n) is 18.2. The number of halogens is 1. The third kappa shape index (κ3) is 4.51. The molecule has 1 saturated heterocycles. The fourth-order valence-electron chi connectivity index (χ4n) is 4.16. The molecule has 1 aromatic heterocycles. The van der Waals surface area contributed by atoms with E-state index in [1.807, 2.05) is 6.92 Å². The van der Waals surface area contributed by atoms with Crippen LogP contribution in [0.2, 0.25) is 0 Å². The van der Waals surface area contributed by atoms with Gasteiger partial charge in [0.1, 0.15) is 5.82 Å². The van der Waals surface area contributed by atoms with Crippen LogP contribution in [0.1, 0.15) is 43.0 Å². The van der Waals surface area contributed by atoms with Gasteiger partial charge in [-0.1, -0.05) is 36.7 Å². The monoisotopic (exact) mass is 485 g/mol. The summed E-state index contributed by atoms with van der Waals surface area (Å²) in [5.41, 5.74) is 0.547. The Hall–Kier alpha value is -2.80. The van der Waals surface area contributed by atoms with E-state index in [1.54, 1.807) is 16.4 Å². The van der Waals surface area contributed by atoms with Crippen LogP contribution in [-0.4, -0.2) is 35.8 Å². The van der Waals surface area contributed by atoms with Crippen molar-refractivity contribution in [1.82, 2.24) is 8.87 Å². The van der Waals surface area contributed by atoms with E-state index in [9.17, 15) is 17.6 Å². The minimum Gasteiger partial charge on any atom is -0.302 e. The molecule has 1 unspecified atom stereocenters. The highest BCUT2D eigenvalue weighted by Gasteiger charge is 2.32. The maximum Gasteiger partial charge on any atom is 0.279 e. The molecule has 1 aliphatic heterocycles. The molecule has 33 heavy (non-hydrogen) atoms. The van der Waals surface area contributed by atoms with Gasteiger partial charge >= 0.3 is 0 Å². The molecule has 6 nitrogen and oxygen atoms in total. The Labute approximate surface area is 196 Å². The van der Waals surface area contributed by atoms with Crippen molar-refractivity contribution in [3.63, 3.8) is 0 Å². The number of carbonyl (C=O) groups is 1. The molecule has 2 aromatic carbocycles. The van der Waals surface area contributed by atoms with Gasteiger partial charge in [0.2, 0.25) is 10.0 Å². The Morgan fingerprint density at radius 1 is 1.24 bits per heavy atom. The number of nitrogens with zero attached hydrogens (tertiary/aromatic N) is 3. The quantitative estimate of drug-likeness (QED) is 0.509. The second kappa shape index (κ2) is 9.59. The van der Waals surface area contributed by atoms with Crippen molar-refractivity contribution in [2.45, 2.75) is 50.1 Å². The summed E-state index contributed by atoms with van der Waals surface area (Å²) in [7, 11) is -3.64. The van der Waals surface area contributed by atoms with Crippen molar-refractivity contribution in [2.75, 3.05) is 6.54 Å². The first-order valence-electron chi connectivity index (χ1n) is 10.8. The number of para-hydroxylation sites is 1. The summed E-state index contributed by atoms with van der Waals surface area (Å²) in [6.45, 7) is 2.57. The molecular formula is C24H24FN3O3S2. The fourth-order valence-corrected chi connectivity index (χ4v) is 6.97. The van der Waals surface area contributed by atoms with Gasteiger partial charge in [-0.25, -0.2) is 12.8 Å². The van der Waals surface area contributed by atoms with Crippen LogP contribution in [0.15, 0.2) is 52.4 Å². The van der Waals surface area contributed by atoms with E-state index in [-0.39, 0.29) is 27.8 Å². The summed E-state index contributed by atoms with van der Waals surface area (Å²) >= 11 is 1.17. The van der Waals surface area contributed by atoms with E-state index in [2.05, 4.69) is 10.9 Å². The van der Waals surface area contributed by atoms with Crippen LogP contribution < -0.4 is 4.80 Å². The Morgan fingerprint density at radius 3 is 2.70 bits per heavy atom. The topological polar surface area (TPSA) is 71.7 Å². The lowest BCUT2D eigenvalue weighted by molar-refractivity contribution is 0.0997. The molecule has 2 heterocycles. The van der Waals surface area contributed by atoms with Crippen molar-refractivity contribution >= 4 is 37.5 Å². The Balaban J connectivity index is 1.66. The SMILES string of the molecule is C#CCn1c(=NC(=O)c2ccc(S(=O)(=O)N3CCCCC3CC)cc2)sc2cccc(F)c21. The summed E-state index contributed by atoms with van der Waals surface area (Å²) in [6, 6.07) is 10.5. The van der Waals surface area contributed by atoms with Crippen LogP contribution in [0.4, 0.5) is 4.39 Å². The summed E-state index contributed by atoms with van der Waals surface area (Å²) in [4.78, 5) is 17.4. The predicted octanol–water partition coefficient (Wildman–Crippen LogP) is 4.17. The van der Waals surface area contributed by atoms with Crippen LogP contribution in [0.3, 0.4) is 0 Å². The smallest absolute Gasteiger partial charge is 0.279 e. The van der Waals surface area contributed by atoms with Crippen LogP contribution in [-0.2, 0) is 16.6 Å². The lowest BCUT2D eigenvalue weighted by atomic mass is 10.0. The molecule has 1 fully saturated rings. The van der Waals surface area contributed by atoms with E-state index < -0.39 is 21.7 Å². The number of sulfonamides is 1. The van der Waals surface area contributed by atoms with E-state index in [4.69, 9.17) is 6.42 Å². The normalized spacial score (nSPS) is 17.8. The van der Waals surface area contributed by atoms with Gasteiger partial charge in [-0.3, -0.25) is 4.79 Å². The number of carbonyl (C=O) groups excluding carboxylic acids is 1. The summed E-state index contributed by atoms with van der Waals surface area (Å²) < 4.78 is 44.3. The van der Waals surface area contributed by atoms with Gasteiger partial charge in [0.05, 0.1) is 21.7 Å². The van der Waals surface area contributed by atoms with E-state index in [0.29, 0.717) is 16.8 Å². The second-order valence-corrected chi connectivity index (χ2v) is 10.8. The molecule has 0 radical (unpaired) electrons. The number of terminal acetylenes is 1. The first-order chi connectivity index (χ1) is 15.9. The molecule has 0 saturated carbocycles. The average Bonchev–Trinajstić information content (AvgIpc) is 3.17. The molecule has 1 atom stereocenters. The second-order valence-electron chi connectivity index (χ2n) is 7.88. The largest absolute Gasteiger partial charge is 0.302 e. The number of benzene rings is 2. The zero-order chi connectivity index (χ0) is 23.6. The van der Waals surface area contributed by atoms with Crippen LogP contribution in [0.25, 0.3) is 10.2 Å². The number of rotatable bonds is 5. The van der Waals surface area contributed by atoms with Gasteiger partial charge in [-0.05, 0) is 55.7 Å². The fraction of sp³-hybridized carbons (Fsp3) is 0.333. The van der Waals surface area contributed by atoms with E-state index >= 15 is 0 Å². The van der Waals surface area contributed by atoms with Crippen molar-refractivity contribution in [3.05, 3.63) is 58.6 Å². The lowest BCUT2D eigenvalue weighted by Crippen LogP contribution is -2.43. The van der Waals surface area contributed by atoms with Crippen LogP contribution in [0, 0.1) is 18.2 Å². The van der Waals surface area contributed by atoms with Gasteiger partial charge in [-0.2, -0.15) is 9.30 Å². The lowest BCUT2D eigenvalue weighted by Gasteiger charge is -2.34. The standard InChI is InChI=1S/C24H24FN3O3S2/c1-3-15-27-22-20(25)9-7-10-21(22)32-24(27)26-23(29)17-11-13-19(14-12-17)33(30,31)28-16-6-5-8-18(28)4-2/h1,7,9-14,18H,4-6,8,15-16H2,2H3. The average molecular weight is 486 g/mol. The molecule has 4 rings (SSSR count). The maximum absolute atomic E-state index is 14.3. The number of thiazole rings is 1. The highest BCUT2D eigenvalue weighted by atomic mass is 32.2. The van der Waals surface area contributed by atoms with Gasteiger partial charge in [0, 0.05) is 18.2 Å². The Bertz CT molecular complexity index is 1400. The molecule has 0 bridgehead atoms. The van der Waals surface area contributed by atoms with Gasteiger partial charge in [-0.15, -0.1) is 6.42 Å². The zero-order valence-corrected chi connectivity index (χ0v) is 19.8. The van der Waals surface area contributed by atoms with Gasteiger partial charge < -0.3 is 4.57 Å². The number of amides is 1. The first-order valence-corrected chi connectivity index (χ1v) is 13.0. The van der Waals surface area contributed by atoms with Crippen LogP contribution >= 0.6 is 11.3 Å². The van der Waals surface area contributed by atoms with E-state index in [0.717, 1.165) is 25.7 Å². The molecule has 0 N–H and O–H groups in total. The molecule has 3 aromatic rings. The first kappa shape index (κ1) is 23.4. The van der Waals surface area contributed by atoms with Crippen molar-refractivity contribution in [2.24, 2.45) is 4.99 Å². The van der Waals surface area contributed by atoms with Gasteiger partial charge in [0.15, 0.2) is 4.80 Å². The minimum atomic E-state index is -3.64. The Kier molecular flexibility index (Phi) is 6.79. The molecule has 172 valence electrons. The van der Waals surface area contributed by atoms with Gasteiger partial charge in [0.25, 0.3) is 5.91 Å². The minimum absolute atomic E-state index is 0.0000143. The van der Waals surface area contributed by atoms with Crippen molar-refractivity contribution < 1.29 is 17.6 Å². The summed E-state index contributed by atoms with van der Waals surface area (Å²) in [5.74, 6) is 1.47.